The molecule has 0 aromatic heterocycles. The zero-order valence-electron chi connectivity index (χ0n) is 12.3. The van der Waals surface area contributed by atoms with E-state index in [1.54, 1.807) is 14.1 Å². The van der Waals surface area contributed by atoms with Crippen molar-refractivity contribution in [2.24, 2.45) is 0 Å². The standard InChI is InChI=1S/C15H24N2O2S/c1-17(2)20(18,19)12-11-16-15-10-6-4-8-13-7-3-5-9-14(13)15/h3,5,7,9,15-16H,4,6,8,10-12H2,1-2H3. The van der Waals surface area contributed by atoms with Gasteiger partial charge in [0.1, 0.15) is 0 Å². The Labute approximate surface area is 122 Å². The molecule has 1 aliphatic carbocycles. The molecule has 0 saturated carbocycles. The molecule has 0 spiro atoms. The van der Waals surface area contributed by atoms with Crippen LogP contribution in [0.1, 0.15) is 36.4 Å². The van der Waals surface area contributed by atoms with Gasteiger partial charge in [0, 0.05) is 26.7 Å². The summed E-state index contributed by atoms with van der Waals surface area (Å²) in [5.41, 5.74) is 2.74. The van der Waals surface area contributed by atoms with E-state index in [9.17, 15) is 8.42 Å². The third kappa shape index (κ3) is 3.81. The van der Waals surface area contributed by atoms with Gasteiger partial charge < -0.3 is 5.32 Å². The number of hydrogen-bond acceptors (Lipinski definition) is 3. The summed E-state index contributed by atoms with van der Waals surface area (Å²) in [5, 5.41) is 3.42. The van der Waals surface area contributed by atoms with Crippen LogP contribution >= 0.6 is 0 Å². The highest BCUT2D eigenvalue weighted by Crippen LogP contribution is 2.28. The Morgan fingerprint density at radius 3 is 2.75 bits per heavy atom. The van der Waals surface area contributed by atoms with Crippen molar-refractivity contribution in [1.82, 2.24) is 9.62 Å². The first-order valence-corrected chi connectivity index (χ1v) is 8.83. The second-order valence-corrected chi connectivity index (χ2v) is 7.85. The number of fused-ring (bicyclic) bond motifs is 1. The summed E-state index contributed by atoms with van der Waals surface area (Å²) >= 11 is 0. The lowest BCUT2D eigenvalue weighted by Gasteiger charge is -2.20. The molecule has 2 rings (SSSR count). The van der Waals surface area contributed by atoms with Gasteiger partial charge in [-0.2, -0.15) is 0 Å². The fraction of sp³-hybridized carbons (Fsp3) is 0.600. The smallest absolute Gasteiger partial charge is 0.214 e. The molecule has 0 aliphatic heterocycles. The van der Waals surface area contributed by atoms with Gasteiger partial charge >= 0.3 is 0 Å². The van der Waals surface area contributed by atoms with E-state index in [1.165, 1.54) is 28.3 Å². The van der Waals surface area contributed by atoms with Gasteiger partial charge in [0.2, 0.25) is 10.0 Å². The van der Waals surface area contributed by atoms with Gasteiger partial charge in [0.05, 0.1) is 5.75 Å². The van der Waals surface area contributed by atoms with Crippen molar-refractivity contribution in [3.05, 3.63) is 35.4 Å². The van der Waals surface area contributed by atoms with Crippen LogP contribution in [-0.2, 0) is 16.4 Å². The largest absolute Gasteiger partial charge is 0.309 e. The van der Waals surface area contributed by atoms with Crippen molar-refractivity contribution >= 4 is 10.0 Å². The monoisotopic (exact) mass is 296 g/mol. The van der Waals surface area contributed by atoms with Crippen molar-refractivity contribution in [3.8, 4) is 0 Å². The number of nitrogens with one attached hydrogen (secondary N) is 1. The minimum Gasteiger partial charge on any atom is -0.309 e. The summed E-state index contributed by atoms with van der Waals surface area (Å²) < 4.78 is 24.8. The predicted octanol–water partition coefficient (Wildman–Crippen LogP) is 1.94. The normalized spacial score (nSPS) is 19.6. The van der Waals surface area contributed by atoms with E-state index in [4.69, 9.17) is 0 Å². The van der Waals surface area contributed by atoms with Crippen LogP contribution in [0.2, 0.25) is 0 Å². The minimum absolute atomic E-state index is 0.151. The zero-order valence-corrected chi connectivity index (χ0v) is 13.1. The zero-order chi connectivity index (χ0) is 14.6. The van der Waals surface area contributed by atoms with Gasteiger partial charge in [-0.15, -0.1) is 0 Å². The van der Waals surface area contributed by atoms with E-state index in [0.717, 1.165) is 12.8 Å². The number of nitrogens with zero attached hydrogens (tertiary/aromatic N) is 1. The van der Waals surface area contributed by atoms with Crippen LogP contribution in [0.25, 0.3) is 0 Å². The Kier molecular flexibility index (Phi) is 5.18. The predicted molar refractivity (Wildman–Crippen MR) is 82.2 cm³/mol. The highest BCUT2D eigenvalue weighted by Gasteiger charge is 2.19. The van der Waals surface area contributed by atoms with Gasteiger partial charge in [-0.1, -0.05) is 30.7 Å². The Balaban J connectivity index is 2.00. The lowest BCUT2D eigenvalue weighted by Crippen LogP contribution is -2.33. The molecule has 20 heavy (non-hydrogen) atoms. The van der Waals surface area contributed by atoms with Crippen LogP contribution in [-0.4, -0.2) is 39.1 Å². The molecule has 0 heterocycles. The van der Waals surface area contributed by atoms with Gasteiger partial charge in [0.25, 0.3) is 0 Å². The second kappa shape index (κ2) is 6.70. The Bertz CT molecular complexity index is 541. The van der Waals surface area contributed by atoms with Crippen molar-refractivity contribution in [2.75, 3.05) is 26.4 Å². The molecule has 0 radical (unpaired) electrons. The first kappa shape index (κ1) is 15.5. The molecule has 1 atom stereocenters. The maximum Gasteiger partial charge on any atom is 0.214 e. The maximum atomic E-state index is 11.8. The molecule has 0 fully saturated rings. The molecule has 1 N–H and O–H groups in total. The van der Waals surface area contributed by atoms with Crippen LogP contribution in [0, 0.1) is 0 Å². The summed E-state index contributed by atoms with van der Waals surface area (Å²) in [5.74, 6) is 0.151. The SMILES string of the molecule is CN(C)S(=O)(=O)CCNC1CCCCc2ccccc21. The molecule has 1 aromatic carbocycles. The molecular formula is C15H24N2O2S. The average Bonchev–Trinajstić information content (AvgIpc) is 2.61. The Morgan fingerprint density at radius 1 is 1.25 bits per heavy atom. The fourth-order valence-electron chi connectivity index (χ4n) is 2.68. The first-order chi connectivity index (χ1) is 9.50. The molecule has 4 nitrogen and oxygen atoms in total. The number of sulfonamides is 1. The van der Waals surface area contributed by atoms with Gasteiger partial charge in [0.15, 0.2) is 0 Å². The molecule has 5 heteroatoms. The lowest BCUT2D eigenvalue weighted by molar-refractivity contribution is 0.489. The highest BCUT2D eigenvalue weighted by molar-refractivity contribution is 7.89. The first-order valence-electron chi connectivity index (χ1n) is 7.22. The number of benzene rings is 1. The summed E-state index contributed by atoms with van der Waals surface area (Å²) in [4.78, 5) is 0. The van der Waals surface area contributed by atoms with E-state index in [2.05, 4.69) is 29.6 Å². The Hall–Kier alpha value is -0.910. The summed E-state index contributed by atoms with van der Waals surface area (Å²) in [6.45, 7) is 0.500. The highest BCUT2D eigenvalue weighted by atomic mass is 32.2. The molecule has 0 saturated heterocycles. The quantitative estimate of drug-likeness (QED) is 0.845. The third-order valence-corrected chi connectivity index (χ3v) is 5.76. The molecule has 0 amide bonds. The van der Waals surface area contributed by atoms with E-state index in [-0.39, 0.29) is 11.8 Å². The van der Waals surface area contributed by atoms with Gasteiger partial charge in [-0.25, -0.2) is 12.7 Å². The topological polar surface area (TPSA) is 49.4 Å². The van der Waals surface area contributed by atoms with Crippen molar-refractivity contribution in [1.29, 1.82) is 0 Å². The summed E-state index contributed by atoms with van der Waals surface area (Å²) in [6.07, 6.45) is 4.61. The van der Waals surface area contributed by atoms with Crippen LogP contribution in [0.5, 0.6) is 0 Å². The van der Waals surface area contributed by atoms with Crippen LogP contribution in [0.3, 0.4) is 0 Å². The molecule has 112 valence electrons. The minimum atomic E-state index is -3.11. The van der Waals surface area contributed by atoms with E-state index in [0.29, 0.717) is 6.54 Å². The number of rotatable bonds is 5. The molecule has 1 unspecified atom stereocenters. The molecule has 0 bridgehead atoms. The van der Waals surface area contributed by atoms with Crippen molar-refractivity contribution in [3.63, 3.8) is 0 Å². The summed E-state index contributed by atoms with van der Waals surface area (Å²) in [6, 6.07) is 8.78. The van der Waals surface area contributed by atoms with E-state index >= 15 is 0 Å². The second-order valence-electron chi connectivity index (χ2n) is 5.55. The van der Waals surface area contributed by atoms with E-state index < -0.39 is 10.0 Å². The van der Waals surface area contributed by atoms with Crippen molar-refractivity contribution in [2.45, 2.75) is 31.7 Å². The van der Waals surface area contributed by atoms with Crippen LogP contribution in [0.15, 0.2) is 24.3 Å². The Morgan fingerprint density at radius 2 is 2.00 bits per heavy atom. The molecular weight excluding hydrogens is 272 g/mol. The number of hydrogen-bond donors (Lipinski definition) is 1. The summed E-state index contributed by atoms with van der Waals surface area (Å²) in [7, 11) is 0.0446. The van der Waals surface area contributed by atoms with Crippen LogP contribution in [0.4, 0.5) is 0 Å². The van der Waals surface area contributed by atoms with Gasteiger partial charge in [-0.3, -0.25) is 0 Å². The average molecular weight is 296 g/mol. The van der Waals surface area contributed by atoms with E-state index in [1.807, 2.05) is 0 Å². The molecule has 1 aliphatic rings. The van der Waals surface area contributed by atoms with Crippen molar-refractivity contribution < 1.29 is 8.42 Å². The number of aryl methyl sites for hydroxylation is 1. The van der Waals surface area contributed by atoms with Gasteiger partial charge in [-0.05, 0) is 30.4 Å². The van der Waals surface area contributed by atoms with Crippen LogP contribution < -0.4 is 5.32 Å². The fourth-order valence-corrected chi connectivity index (χ4v) is 3.42. The lowest BCUT2D eigenvalue weighted by atomic mass is 9.99. The maximum absolute atomic E-state index is 11.8. The molecule has 1 aromatic rings. The third-order valence-electron chi connectivity index (χ3n) is 3.93.